The smallest absolute Gasteiger partial charge is 0.329 e. The fourth-order valence-corrected chi connectivity index (χ4v) is 2.17. The van der Waals surface area contributed by atoms with E-state index in [2.05, 4.69) is 21.2 Å². The number of hydrogen-bond donors (Lipinski definition) is 2. The lowest BCUT2D eigenvalue weighted by Gasteiger charge is -2.34. The van der Waals surface area contributed by atoms with Gasteiger partial charge in [0.2, 0.25) is 0 Å². The zero-order valence-electron chi connectivity index (χ0n) is 12.0. The van der Waals surface area contributed by atoms with Gasteiger partial charge in [-0.3, -0.25) is 0 Å². The van der Waals surface area contributed by atoms with Crippen LogP contribution in [-0.2, 0) is 4.79 Å². The molecular formula is C14H16BrN3O3. The van der Waals surface area contributed by atoms with Crippen LogP contribution in [0, 0.1) is 11.3 Å². The summed E-state index contributed by atoms with van der Waals surface area (Å²) in [7, 11) is 0. The van der Waals surface area contributed by atoms with Crippen LogP contribution in [0.2, 0.25) is 0 Å². The van der Waals surface area contributed by atoms with Crippen LogP contribution in [0.3, 0.4) is 0 Å². The number of nitrogens with one attached hydrogen (secondary N) is 1. The first-order valence-corrected chi connectivity index (χ1v) is 7.05. The SMILES string of the molecule is CCN(C(=O)Nc1cc(Br)ccc1C#N)C(C)(C)C(=O)O. The monoisotopic (exact) mass is 353 g/mol. The van der Waals surface area contributed by atoms with Crippen molar-refractivity contribution < 1.29 is 14.7 Å². The lowest BCUT2D eigenvalue weighted by molar-refractivity contribution is -0.147. The fraction of sp³-hybridized carbons (Fsp3) is 0.357. The van der Waals surface area contributed by atoms with E-state index in [4.69, 9.17) is 5.26 Å². The number of carboxylic acids is 1. The lowest BCUT2D eigenvalue weighted by Crippen LogP contribution is -2.54. The van der Waals surface area contributed by atoms with Crippen molar-refractivity contribution in [3.05, 3.63) is 28.2 Å². The summed E-state index contributed by atoms with van der Waals surface area (Å²) in [6.45, 7) is 4.81. The van der Waals surface area contributed by atoms with Gasteiger partial charge in [-0.25, -0.2) is 9.59 Å². The van der Waals surface area contributed by atoms with Crippen LogP contribution in [0.4, 0.5) is 10.5 Å². The molecule has 2 N–H and O–H groups in total. The number of nitrogens with zero attached hydrogens (tertiary/aromatic N) is 2. The molecule has 0 fully saturated rings. The Bertz CT molecular complexity index is 608. The second kappa shape index (κ2) is 6.59. The van der Waals surface area contributed by atoms with Crippen molar-refractivity contribution in [3.63, 3.8) is 0 Å². The predicted octanol–water partition coefficient (Wildman–Crippen LogP) is 3.04. The number of benzene rings is 1. The Hall–Kier alpha value is -2.07. The van der Waals surface area contributed by atoms with Crippen LogP contribution >= 0.6 is 15.9 Å². The number of carbonyl (C=O) groups is 2. The summed E-state index contributed by atoms with van der Waals surface area (Å²) in [5.74, 6) is -1.10. The largest absolute Gasteiger partial charge is 0.480 e. The highest BCUT2D eigenvalue weighted by molar-refractivity contribution is 9.10. The molecule has 21 heavy (non-hydrogen) atoms. The summed E-state index contributed by atoms with van der Waals surface area (Å²) < 4.78 is 0.706. The normalized spacial score (nSPS) is 10.6. The minimum absolute atomic E-state index is 0.223. The van der Waals surface area contributed by atoms with Crippen LogP contribution in [0.1, 0.15) is 26.3 Å². The molecule has 0 unspecified atom stereocenters. The number of urea groups is 1. The van der Waals surface area contributed by atoms with Gasteiger partial charge >= 0.3 is 12.0 Å². The van der Waals surface area contributed by atoms with Crippen LogP contribution in [0.25, 0.3) is 0 Å². The molecule has 0 heterocycles. The highest BCUT2D eigenvalue weighted by atomic mass is 79.9. The molecule has 6 nitrogen and oxygen atoms in total. The van der Waals surface area contributed by atoms with E-state index >= 15 is 0 Å². The molecule has 0 saturated carbocycles. The van der Waals surface area contributed by atoms with Gasteiger partial charge in [0.25, 0.3) is 0 Å². The molecule has 0 aromatic heterocycles. The third-order valence-corrected chi connectivity index (χ3v) is 3.60. The zero-order valence-corrected chi connectivity index (χ0v) is 13.6. The second-order valence-corrected chi connectivity index (χ2v) is 5.76. The highest BCUT2D eigenvalue weighted by Gasteiger charge is 2.37. The fourth-order valence-electron chi connectivity index (χ4n) is 1.81. The Labute approximate surface area is 131 Å². The van der Waals surface area contributed by atoms with Gasteiger partial charge in [0, 0.05) is 11.0 Å². The third-order valence-electron chi connectivity index (χ3n) is 3.10. The van der Waals surface area contributed by atoms with Crippen molar-refractivity contribution in [2.45, 2.75) is 26.3 Å². The first kappa shape index (κ1) is 17.0. The van der Waals surface area contributed by atoms with Crippen LogP contribution in [-0.4, -0.2) is 34.1 Å². The van der Waals surface area contributed by atoms with Crippen molar-refractivity contribution in [2.24, 2.45) is 0 Å². The molecule has 2 amide bonds. The van der Waals surface area contributed by atoms with Gasteiger partial charge in [-0.2, -0.15) is 5.26 Å². The van der Waals surface area contributed by atoms with E-state index in [1.54, 1.807) is 25.1 Å². The summed E-state index contributed by atoms with van der Waals surface area (Å²) in [5.41, 5.74) is -0.718. The van der Waals surface area contributed by atoms with E-state index in [-0.39, 0.29) is 6.54 Å². The summed E-state index contributed by atoms with van der Waals surface area (Å²) in [5, 5.41) is 20.8. The summed E-state index contributed by atoms with van der Waals surface area (Å²) in [6, 6.07) is 6.26. The molecule has 0 aliphatic rings. The van der Waals surface area contributed by atoms with Crippen molar-refractivity contribution in [1.29, 1.82) is 5.26 Å². The van der Waals surface area contributed by atoms with Crippen LogP contribution < -0.4 is 5.32 Å². The predicted molar refractivity (Wildman–Crippen MR) is 82.0 cm³/mol. The number of likely N-dealkylation sites (N-methyl/N-ethyl adjacent to an activating group) is 1. The number of halogens is 1. The zero-order chi connectivity index (χ0) is 16.2. The molecule has 0 aliphatic heterocycles. The maximum absolute atomic E-state index is 12.3. The van der Waals surface area contributed by atoms with E-state index in [0.29, 0.717) is 15.7 Å². The quantitative estimate of drug-likeness (QED) is 0.869. The first-order valence-electron chi connectivity index (χ1n) is 6.25. The third kappa shape index (κ3) is 3.73. The van der Waals surface area contributed by atoms with Crippen LogP contribution in [0.15, 0.2) is 22.7 Å². The molecular weight excluding hydrogens is 338 g/mol. The second-order valence-electron chi connectivity index (χ2n) is 4.84. The average molecular weight is 354 g/mol. The number of rotatable bonds is 4. The molecule has 0 radical (unpaired) electrons. The number of hydrogen-bond acceptors (Lipinski definition) is 3. The molecule has 1 rings (SSSR count). The Morgan fingerprint density at radius 3 is 2.57 bits per heavy atom. The van der Waals surface area contributed by atoms with E-state index in [1.165, 1.54) is 18.7 Å². The molecule has 0 atom stereocenters. The Morgan fingerprint density at radius 2 is 2.10 bits per heavy atom. The maximum atomic E-state index is 12.3. The molecule has 0 spiro atoms. The molecule has 0 saturated heterocycles. The van der Waals surface area contributed by atoms with Gasteiger partial charge in [0.1, 0.15) is 11.6 Å². The lowest BCUT2D eigenvalue weighted by atomic mass is 10.0. The van der Waals surface area contributed by atoms with Crippen LogP contribution in [0.5, 0.6) is 0 Å². The Balaban J connectivity index is 3.08. The van der Waals surface area contributed by atoms with E-state index < -0.39 is 17.5 Å². The van der Waals surface area contributed by atoms with Crippen molar-refractivity contribution in [2.75, 3.05) is 11.9 Å². The van der Waals surface area contributed by atoms with Gasteiger partial charge in [0.15, 0.2) is 0 Å². The summed E-state index contributed by atoms with van der Waals surface area (Å²) in [6.07, 6.45) is 0. The molecule has 0 aliphatic carbocycles. The Kier molecular flexibility index (Phi) is 5.33. The van der Waals surface area contributed by atoms with E-state index in [1.807, 2.05) is 6.07 Å². The van der Waals surface area contributed by atoms with Crippen molar-refractivity contribution >= 4 is 33.6 Å². The average Bonchev–Trinajstić information content (AvgIpc) is 2.39. The number of amides is 2. The first-order chi connectivity index (χ1) is 9.73. The number of nitriles is 1. The van der Waals surface area contributed by atoms with Gasteiger partial charge in [-0.15, -0.1) is 0 Å². The number of carbonyl (C=O) groups excluding carboxylic acids is 1. The number of anilines is 1. The summed E-state index contributed by atoms with van der Waals surface area (Å²) >= 11 is 3.26. The highest BCUT2D eigenvalue weighted by Crippen LogP contribution is 2.23. The van der Waals surface area contributed by atoms with Crippen molar-refractivity contribution in [3.8, 4) is 6.07 Å². The molecule has 7 heteroatoms. The number of aliphatic carboxylic acids is 1. The summed E-state index contributed by atoms with van der Waals surface area (Å²) in [4.78, 5) is 24.8. The Morgan fingerprint density at radius 1 is 1.48 bits per heavy atom. The van der Waals surface area contributed by atoms with Gasteiger partial charge < -0.3 is 15.3 Å². The van der Waals surface area contributed by atoms with Gasteiger partial charge in [-0.1, -0.05) is 15.9 Å². The number of carboxylic acid groups (broad SMARTS) is 1. The van der Waals surface area contributed by atoms with Crippen molar-refractivity contribution in [1.82, 2.24) is 4.90 Å². The van der Waals surface area contributed by atoms with E-state index in [9.17, 15) is 14.7 Å². The molecule has 1 aromatic carbocycles. The molecule has 1 aromatic rings. The minimum atomic E-state index is -1.35. The van der Waals surface area contributed by atoms with Gasteiger partial charge in [-0.05, 0) is 39.0 Å². The molecule has 0 bridgehead atoms. The van der Waals surface area contributed by atoms with Gasteiger partial charge in [0.05, 0.1) is 11.3 Å². The topological polar surface area (TPSA) is 93.4 Å². The molecule has 112 valence electrons. The van der Waals surface area contributed by atoms with E-state index in [0.717, 1.165) is 0 Å². The standard InChI is InChI=1S/C14H16BrN3O3/c1-4-18(14(2,3)12(19)20)13(21)17-11-7-10(15)6-5-9(11)8-16/h5-7H,4H2,1-3H3,(H,17,21)(H,19,20). The maximum Gasteiger partial charge on any atom is 0.329 e. The minimum Gasteiger partial charge on any atom is -0.480 e.